The van der Waals surface area contributed by atoms with Gasteiger partial charge in [-0.15, -0.1) is 0 Å². The summed E-state index contributed by atoms with van der Waals surface area (Å²) in [7, 11) is 0. The van der Waals surface area contributed by atoms with Crippen LogP contribution in [0.4, 0.5) is 0 Å². The van der Waals surface area contributed by atoms with Crippen molar-refractivity contribution in [2.75, 3.05) is 0 Å². The summed E-state index contributed by atoms with van der Waals surface area (Å²) in [6.07, 6.45) is 5.66. The van der Waals surface area contributed by atoms with E-state index in [1.807, 2.05) is 0 Å². The Hall–Kier alpha value is 0.180. The van der Waals surface area contributed by atoms with Crippen LogP contribution in [0.1, 0.15) is 19.3 Å². The molecule has 0 saturated heterocycles. The summed E-state index contributed by atoms with van der Waals surface area (Å²) in [5.41, 5.74) is 0. The number of fused-ring (bicyclic) bond motifs is 2. The average molecular weight is 203 g/mol. The van der Waals surface area contributed by atoms with Crippen molar-refractivity contribution in [1.29, 1.82) is 0 Å². The highest BCUT2D eigenvalue weighted by Gasteiger charge is 2.34. The van der Waals surface area contributed by atoms with Crippen LogP contribution in [-0.2, 0) is 0 Å². The lowest BCUT2D eigenvalue weighted by atomic mass is 9.93. The topological polar surface area (TPSA) is 20.2 Å². The Morgan fingerprint density at radius 3 is 3.10 bits per heavy atom. The number of hydrogen-bond donors (Lipinski definition) is 1. The highest BCUT2D eigenvalue weighted by Crippen LogP contribution is 2.42. The molecule has 56 valence electrons. The van der Waals surface area contributed by atoms with Gasteiger partial charge in [-0.25, -0.2) is 0 Å². The number of rotatable bonds is 0. The number of halogens is 1. The number of hydrogen-bond acceptors (Lipinski definition) is 1. The van der Waals surface area contributed by atoms with Crippen molar-refractivity contribution >= 4 is 15.9 Å². The summed E-state index contributed by atoms with van der Waals surface area (Å²) >= 11 is 3.39. The second-order valence-electron chi connectivity index (χ2n) is 3.33. The second kappa shape index (κ2) is 2.35. The highest BCUT2D eigenvalue weighted by atomic mass is 79.9. The fraction of sp³-hybridized carbons (Fsp3) is 0.750. The molecule has 0 heterocycles. The predicted molar refractivity (Wildman–Crippen MR) is 43.8 cm³/mol. The molecule has 1 N–H and O–H groups in total. The van der Waals surface area contributed by atoms with Gasteiger partial charge in [-0.3, -0.25) is 0 Å². The van der Waals surface area contributed by atoms with Gasteiger partial charge < -0.3 is 5.11 Å². The summed E-state index contributed by atoms with van der Waals surface area (Å²) in [6, 6.07) is 0. The molecule has 0 aromatic carbocycles. The Balaban J connectivity index is 2.25. The number of aliphatic hydroxyl groups is 1. The fourth-order valence-electron chi connectivity index (χ4n) is 2.04. The summed E-state index contributed by atoms with van der Waals surface area (Å²) < 4.78 is 1.02. The molecule has 0 amide bonds. The minimum atomic E-state index is -0.196. The van der Waals surface area contributed by atoms with E-state index in [4.69, 9.17) is 0 Å². The van der Waals surface area contributed by atoms with E-state index in [2.05, 4.69) is 22.0 Å². The number of aliphatic hydroxyl groups excluding tert-OH is 1. The van der Waals surface area contributed by atoms with Gasteiger partial charge in [0.2, 0.25) is 0 Å². The molecule has 0 aliphatic heterocycles. The molecule has 0 spiro atoms. The third-order valence-electron chi connectivity index (χ3n) is 2.64. The SMILES string of the molecule is O[C@@H]1C(Br)=C[C@H]2CC[C@H]1C2. The van der Waals surface area contributed by atoms with E-state index >= 15 is 0 Å². The molecule has 1 fully saturated rings. The zero-order valence-electron chi connectivity index (χ0n) is 5.76. The van der Waals surface area contributed by atoms with Crippen molar-refractivity contribution < 1.29 is 5.11 Å². The molecule has 10 heavy (non-hydrogen) atoms. The van der Waals surface area contributed by atoms with Crippen LogP contribution >= 0.6 is 15.9 Å². The zero-order valence-corrected chi connectivity index (χ0v) is 7.34. The standard InChI is InChI=1S/C8H11BrO/c9-7-4-5-1-2-6(3-5)8(7)10/h4-6,8,10H,1-3H2/t5-,6-,8-/m0/s1. The molecule has 3 atom stereocenters. The summed E-state index contributed by atoms with van der Waals surface area (Å²) in [5.74, 6) is 1.30. The third-order valence-corrected chi connectivity index (χ3v) is 3.37. The first kappa shape index (κ1) is 6.86. The second-order valence-corrected chi connectivity index (χ2v) is 4.25. The molecule has 1 saturated carbocycles. The van der Waals surface area contributed by atoms with Crippen LogP contribution in [0.3, 0.4) is 0 Å². The quantitative estimate of drug-likeness (QED) is 0.638. The molecular formula is C8H11BrO. The van der Waals surface area contributed by atoms with Gasteiger partial charge >= 0.3 is 0 Å². The van der Waals surface area contributed by atoms with Crippen LogP contribution in [0.15, 0.2) is 10.6 Å². The van der Waals surface area contributed by atoms with Crippen molar-refractivity contribution in [3.8, 4) is 0 Å². The Morgan fingerprint density at radius 2 is 2.30 bits per heavy atom. The normalized spacial score (nSPS) is 45.4. The zero-order chi connectivity index (χ0) is 7.14. The van der Waals surface area contributed by atoms with E-state index in [1.54, 1.807) is 0 Å². The van der Waals surface area contributed by atoms with Gasteiger partial charge in [0.15, 0.2) is 0 Å². The first-order valence-electron chi connectivity index (χ1n) is 3.82. The van der Waals surface area contributed by atoms with Gasteiger partial charge in [0.1, 0.15) is 0 Å². The molecule has 0 radical (unpaired) electrons. The molecule has 0 aromatic heterocycles. The minimum Gasteiger partial charge on any atom is -0.388 e. The lowest BCUT2D eigenvalue weighted by molar-refractivity contribution is 0.146. The van der Waals surface area contributed by atoms with Crippen LogP contribution in [-0.4, -0.2) is 11.2 Å². The van der Waals surface area contributed by atoms with E-state index in [-0.39, 0.29) is 6.10 Å². The Kier molecular flexibility index (Phi) is 1.61. The molecule has 0 unspecified atom stereocenters. The maximum atomic E-state index is 9.55. The van der Waals surface area contributed by atoms with E-state index in [1.165, 1.54) is 19.3 Å². The van der Waals surface area contributed by atoms with Crippen LogP contribution in [0.2, 0.25) is 0 Å². The fourth-order valence-corrected chi connectivity index (χ4v) is 2.79. The van der Waals surface area contributed by atoms with E-state index in [9.17, 15) is 5.11 Å². The van der Waals surface area contributed by atoms with Crippen molar-refractivity contribution in [2.45, 2.75) is 25.4 Å². The molecule has 2 aliphatic rings. The maximum Gasteiger partial charge on any atom is 0.0879 e. The van der Waals surface area contributed by atoms with Gasteiger partial charge in [-0.1, -0.05) is 22.0 Å². The highest BCUT2D eigenvalue weighted by molar-refractivity contribution is 9.11. The lowest BCUT2D eigenvalue weighted by Crippen LogP contribution is -2.21. The van der Waals surface area contributed by atoms with Gasteiger partial charge in [0, 0.05) is 4.48 Å². The first-order valence-corrected chi connectivity index (χ1v) is 4.62. The maximum absolute atomic E-state index is 9.55. The molecule has 2 heteroatoms. The predicted octanol–water partition coefficient (Wildman–Crippen LogP) is 2.06. The summed E-state index contributed by atoms with van der Waals surface area (Å²) in [5, 5.41) is 9.55. The summed E-state index contributed by atoms with van der Waals surface area (Å²) in [6.45, 7) is 0. The molecule has 1 nitrogen and oxygen atoms in total. The molecule has 2 bridgehead atoms. The Labute approximate surface area is 69.3 Å². The molecular weight excluding hydrogens is 192 g/mol. The minimum absolute atomic E-state index is 0.196. The average Bonchev–Trinajstić information content (AvgIpc) is 2.29. The van der Waals surface area contributed by atoms with Crippen molar-refractivity contribution in [1.82, 2.24) is 0 Å². The van der Waals surface area contributed by atoms with Crippen LogP contribution in [0.25, 0.3) is 0 Å². The van der Waals surface area contributed by atoms with Crippen molar-refractivity contribution in [3.63, 3.8) is 0 Å². The molecule has 2 rings (SSSR count). The summed E-state index contributed by atoms with van der Waals surface area (Å²) in [4.78, 5) is 0. The van der Waals surface area contributed by atoms with Gasteiger partial charge in [-0.2, -0.15) is 0 Å². The van der Waals surface area contributed by atoms with Crippen LogP contribution < -0.4 is 0 Å². The van der Waals surface area contributed by atoms with E-state index in [0.717, 1.165) is 10.4 Å². The smallest absolute Gasteiger partial charge is 0.0879 e. The Morgan fingerprint density at radius 1 is 1.50 bits per heavy atom. The molecule has 2 aliphatic carbocycles. The van der Waals surface area contributed by atoms with E-state index in [0.29, 0.717) is 5.92 Å². The van der Waals surface area contributed by atoms with Crippen LogP contribution in [0.5, 0.6) is 0 Å². The van der Waals surface area contributed by atoms with Gasteiger partial charge in [0.05, 0.1) is 6.10 Å². The first-order chi connectivity index (χ1) is 4.77. The van der Waals surface area contributed by atoms with Crippen molar-refractivity contribution in [3.05, 3.63) is 10.6 Å². The lowest BCUT2D eigenvalue weighted by Gasteiger charge is -2.21. The molecule has 0 aromatic rings. The van der Waals surface area contributed by atoms with E-state index < -0.39 is 0 Å². The van der Waals surface area contributed by atoms with Gasteiger partial charge in [0.25, 0.3) is 0 Å². The largest absolute Gasteiger partial charge is 0.388 e. The van der Waals surface area contributed by atoms with Crippen LogP contribution in [0, 0.1) is 11.8 Å². The van der Waals surface area contributed by atoms with Crippen molar-refractivity contribution in [2.24, 2.45) is 11.8 Å². The number of allylic oxidation sites excluding steroid dienone is 1. The Bertz CT molecular complexity index is 176. The monoisotopic (exact) mass is 202 g/mol. The third kappa shape index (κ3) is 0.940. The van der Waals surface area contributed by atoms with Gasteiger partial charge in [-0.05, 0) is 31.1 Å².